The molecule has 1 unspecified atom stereocenters. The van der Waals surface area contributed by atoms with Crippen molar-refractivity contribution >= 4 is 17.9 Å². The smallest absolute Gasteiger partial charge is 0.306 e. The number of allylic oxidation sites excluding steroid dienone is 10. The normalized spacial score (nSPS) is 12.6. The molecule has 0 saturated heterocycles. The predicted octanol–water partition coefficient (Wildman–Crippen LogP) is 14.1. The van der Waals surface area contributed by atoms with Crippen LogP contribution in [0.25, 0.3) is 0 Å². The molecule has 0 radical (unpaired) electrons. The van der Waals surface area contributed by atoms with Crippen LogP contribution in [0.2, 0.25) is 0 Å². The van der Waals surface area contributed by atoms with Crippen molar-refractivity contribution in [3.63, 3.8) is 0 Å². The minimum absolute atomic E-state index is 0.0941. The Balaban J connectivity index is 4.36. The van der Waals surface area contributed by atoms with Gasteiger partial charge in [-0.3, -0.25) is 14.4 Å². The Morgan fingerprint density at radius 3 is 1.22 bits per heavy atom. The molecule has 0 saturated carbocycles. The Bertz CT molecular complexity index is 1010. The minimum atomic E-state index is -0.792. The van der Waals surface area contributed by atoms with Crippen molar-refractivity contribution in [1.82, 2.24) is 0 Å². The average molecular weight is 755 g/mol. The topological polar surface area (TPSA) is 78.9 Å². The van der Waals surface area contributed by atoms with E-state index < -0.39 is 6.10 Å². The highest BCUT2D eigenvalue weighted by atomic mass is 16.6. The van der Waals surface area contributed by atoms with Crippen molar-refractivity contribution in [2.75, 3.05) is 13.2 Å². The number of rotatable bonds is 39. The van der Waals surface area contributed by atoms with Crippen LogP contribution >= 0.6 is 0 Å². The molecular weight excluding hydrogens is 673 g/mol. The maximum Gasteiger partial charge on any atom is 0.306 e. The molecule has 0 aliphatic carbocycles. The SMILES string of the molecule is CC/C=C\C/C=C\CCCCC(=O)OCC(COC(=O)CCCCCCCCC/C=C\C/C=C\CCCCC)OC(=O)CCCCCC/C=C\CCCC. The van der Waals surface area contributed by atoms with Gasteiger partial charge in [-0.25, -0.2) is 0 Å². The van der Waals surface area contributed by atoms with Crippen molar-refractivity contribution in [3.05, 3.63) is 60.8 Å². The van der Waals surface area contributed by atoms with Gasteiger partial charge in [-0.15, -0.1) is 0 Å². The van der Waals surface area contributed by atoms with E-state index in [4.69, 9.17) is 14.2 Å². The highest BCUT2D eigenvalue weighted by Gasteiger charge is 2.19. The van der Waals surface area contributed by atoms with Crippen molar-refractivity contribution in [2.45, 2.75) is 213 Å². The second-order valence-corrected chi connectivity index (χ2v) is 14.6. The van der Waals surface area contributed by atoms with E-state index in [1.54, 1.807) is 0 Å². The molecule has 0 N–H and O–H groups in total. The summed E-state index contributed by atoms with van der Waals surface area (Å²) >= 11 is 0. The third kappa shape index (κ3) is 40.3. The van der Waals surface area contributed by atoms with Crippen molar-refractivity contribution in [2.24, 2.45) is 0 Å². The van der Waals surface area contributed by atoms with E-state index in [-0.39, 0.29) is 31.1 Å². The van der Waals surface area contributed by atoms with Gasteiger partial charge in [0.25, 0.3) is 0 Å². The maximum atomic E-state index is 12.6. The third-order valence-electron chi connectivity index (χ3n) is 9.23. The number of hydrogen-bond donors (Lipinski definition) is 0. The molecule has 0 bridgehead atoms. The van der Waals surface area contributed by atoms with E-state index in [9.17, 15) is 14.4 Å². The standard InChI is InChI=1S/C48H82O6/c1-4-7-10-13-16-19-21-22-23-24-25-26-27-30-32-35-38-41-47(50)53-44-45(43-52-46(49)40-37-34-31-28-18-15-12-9-6-3)54-48(51)42-39-36-33-29-20-17-14-11-8-5-2/h9,12,14,16-19,22-23,28,45H,4-8,10-11,13,15,20-21,24-27,29-44H2,1-3H3/b12-9-,17-14-,19-16-,23-22-,28-18-. The lowest BCUT2D eigenvalue weighted by molar-refractivity contribution is -0.167. The fourth-order valence-corrected chi connectivity index (χ4v) is 5.84. The van der Waals surface area contributed by atoms with Gasteiger partial charge >= 0.3 is 17.9 Å². The Kier molecular flexibility index (Phi) is 40.6. The fourth-order valence-electron chi connectivity index (χ4n) is 5.84. The summed E-state index contributed by atoms with van der Waals surface area (Å²) in [6.45, 7) is 6.37. The zero-order valence-electron chi connectivity index (χ0n) is 35.2. The van der Waals surface area contributed by atoms with Crippen LogP contribution in [0.3, 0.4) is 0 Å². The van der Waals surface area contributed by atoms with E-state index >= 15 is 0 Å². The lowest BCUT2D eigenvalue weighted by Gasteiger charge is -2.18. The molecule has 0 aliphatic rings. The first-order valence-electron chi connectivity index (χ1n) is 22.3. The highest BCUT2D eigenvalue weighted by Crippen LogP contribution is 2.13. The number of unbranched alkanes of at least 4 members (excludes halogenated alkanes) is 18. The largest absolute Gasteiger partial charge is 0.462 e. The summed E-state index contributed by atoms with van der Waals surface area (Å²) in [6.07, 6.45) is 50.7. The van der Waals surface area contributed by atoms with Crippen LogP contribution in [0, 0.1) is 0 Å². The molecule has 0 aromatic heterocycles. The zero-order chi connectivity index (χ0) is 39.4. The van der Waals surface area contributed by atoms with Gasteiger partial charge in [-0.2, -0.15) is 0 Å². The number of hydrogen-bond acceptors (Lipinski definition) is 6. The van der Waals surface area contributed by atoms with Gasteiger partial charge in [0.2, 0.25) is 0 Å². The van der Waals surface area contributed by atoms with Gasteiger partial charge in [0, 0.05) is 19.3 Å². The minimum Gasteiger partial charge on any atom is -0.462 e. The summed E-state index contributed by atoms with van der Waals surface area (Å²) in [6, 6.07) is 0. The molecule has 0 aromatic carbocycles. The van der Waals surface area contributed by atoms with E-state index in [1.807, 2.05) is 0 Å². The van der Waals surface area contributed by atoms with E-state index in [0.29, 0.717) is 19.3 Å². The number of carbonyl (C=O) groups excluding carboxylic acids is 3. The summed E-state index contributed by atoms with van der Waals surface area (Å²) < 4.78 is 16.6. The molecule has 1 atom stereocenters. The highest BCUT2D eigenvalue weighted by molar-refractivity contribution is 5.71. The molecule has 6 heteroatoms. The van der Waals surface area contributed by atoms with E-state index in [2.05, 4.69) is 81.5 Å². The van der Waals surface area contributed by atoms with Crippen LogP contribution in [0.5, 0.6) is 0 Å². The summed E-state index contributed by atoms with van der Waals surface area (Å²) in [5.74, 6) is -0.959. The third-order valence-corrected chi connectivity index (χ3v) is 9.23. The van der Waals surface area contributed by atoms with Gasteiger partial charge in [-0.05, 0) is 96.3 Å². The van der Waals surface area contributed by atoms with E-state index in [0.717, 1.165) is 103 Å². The van der Waals surface area contributed by atoms with Gasteiger partial charge < -0.3 is 14.2 Å². The Labute approximate surface area is 332 Å². The van der Waals surface area contributed by atoms with Crippen LogP contribution in [-0.2, 0) is 28.6 Å². The summed E-state index contributed by atoms with van der Waals surface area (Å²) in [5, 5.41) is 0. The molecule has 0 aliphatic heterocycles. The second-order valence-electron chi connectivity index (χ2n) is 14.6. The summed E-state index contributed by atoms with van der Waals surface area (Å²) in [4.78, 5) is 37.6. The summed E-state index contributed by atoms with van der Waals surface area (Å²) in [5.41, 5.74) is 0. The van der Waals surface area contributed by atoms with Crippen LogP contribution in [0.15, 0.2) is 60.8 Å². The van der Waals surface area contributed by atoms with Gasteiger partial charge in [0.05, 0.1) is 0 Å². The van der Waals surface area contributed by atoms with Crippen molar-refractivity contribution in [3.8, 4) is 0 Å². The molecule has 6 nitrogen and oxygen atoms in total. The van der Waals surface area contributed by atoms with Gasteiger partial charge in [0.1, 0.15) is 13.2 Å². The van der Waals surface area contributed by atoms with Crippen molar-refractivity contribution < 1.29 is 28.6 Å². The molecule has 0 spiro atoms. The average Bonchev–Trinajstić information content (AvgIpc) is 3.17. The summed E-state index contributed by atoms with van der Waals surface area (Å²) in [7, 11) is 0. The lowest BCUT2D eigenvalue weighted by Crippen LogP contribution is -2.30. The van der Waals surface area contributed by atoms with Crippen molar-refractivity contribution in [1.29, 1.82) is 0 Å². The quantitative estimate of drug-likeness (QED) is 0.0269. The Morgan fingerprint density at radius 1 is 0.389 bits per heavy atom. The predicted molar refractivity (Wildman–Crippen MR) is 228 cm³/mol. The first-order chi connectivity index (χ1) is 26.5. The van der Waals surface area contributed by atoms with Gasteiger partial charge in [0.15, 0.2) is 6.10 Å². The van der Waals surface area contributed by atoms with E-state index in [1.165, 1.54) is 64.2 Å². The zero-order valence-corrected chi connectivity index (χ0v) is 35.2. The first-order valence-corrected chi connectivity index (χ1v) is 22.3. The molecule has 0 aromatic rings. The van der Waals surface area contributed by atoms with Gasteiger partial charge in [-0.1, -0.05) is 152 Å². The van der Waals surface area contributed by atoms with Crippen LogP contribution in [0.1, 0.15) is 207 Å². The van der Waals surface area contributed by atoms with Crippen LogP contribution in [0.4, 0.5) is 0 Å². The molecular formula is C48H82O6. The van der Waals surface area contributed by atoms with Crippen LogP contribution < -0.4 is 0 Å². The maximum absolute atomic E-state index is 12.6. The number of ether oxygens (including phenoxy) is 3. The number of esters is 3. The van der Waals surface area contributed by atoms with Crippen LogP contribution in [-0.4, -0.2) is 37.2 Å². The molecule has 0 rings (SSSR count). The molecule has 0 amide bonds. The second kappa shape index (κ2) is 42.8. The lowest BCUT2D eigenvalue weighted by atomic mass is 10.1. The monoisotopic (exact) mass is 755 g/mol. The molecule has 0 fully saturated rings. The molecule has 310 valence electrons. The number of carbonyl (C=O) groups is 3. The Morgan fingerprint density at radius 2 is 0.741 bits per heavy atom. The molecule has 54 heavy (non-hydrogen) atoms. The fraction of sp³-hybridized carbons (Fsp3) is 0.729. The molecule has 0 heterocycles. The Hall–Kier alpha value is -2.89. The first kappa shape index (κ1) is 51.1.